The largest absolute Gasteiger partial charge is 0.391 e. The Balaban J connectivity index is 2.53. The number of benzene rings is 1. The second kappa shape index (κ2) is 5.35. The second-order valence-electron chi connectivity index (χ2n) is 4.83. The topological polar surface area (TPSA) is 21.6 Å². The SMILES string of the molecule is CC(=NOCc1cccc(Cl)c1)C(C)(C)C. The summed E-state index contributed by atoms with van der Waals surface area (Å²) in [6, 6.07) is 7.59. The molecule has 0 bridgehead atoms. The van der Waals surface area contributed by atoms with Crippen molar-refractivity contribution >= 4 is 17.3 Å². The van der Waals surface area contributed by atoms with Crippen LogP contribution in [0.5, 0.6) is 0 Å². The van der Waals surface area contributed by atoms with E-state index >= 15 is 0 Å². The lowest BCUT2D eigenvalue weighted by Crippen LogP contribution is -2.17. The summed E-state index contributed by atoms with van der Waals surface area (Å²) < 4.78 is 0. The summed E-state index contributed by atoms with van der Waals surface area (Å²) in [5, 5.41) is 4.81. The van der Waals surface area contributed by atoms with Crippen LogP contribution in [0.1, 0.15) is 33.3 Å². The Morgan fingerprint density at radius 2 is 2.06 bits per heavy atom. The lowest BCUT2D eigenvalue weighted by molar-refractivity contribution is 0.127. The maximum Gasteiger partial charge on any atom is 0.142 e. The van der Waals surface area contributed by atoms with Crippen LogP contribution < -0.4 is 0 Å². The summed E-state index contributed by atoms with van der Waals surface area (Å²) in [4.78, 5) is 5.29. The molecule has 1 aromatic rings. The van der Waals surface area contributed by atoms with Crippen LogP contribution >= 0.6 is 11.6 Å². The predicted octanol–water partition coefficient (Wildman–Crippen LogP) is 4.28. The van der Waals surface area contributed by atoms with Gasteiger partial charge >= 0.3 is 0 Å². The van der Waals surface area contributed by atoms with E-state index in [0.29, 0.717) is 6.61 Å². The maximum absolute atomic E-state index is 5.87. The molecule has 0 unspecified atom stereocenters. The van der Waals surface area contributed by atoms with E-state index in [-0.39, 0.29) is 5.41 Å². The molecule has 0 heterocycles. The standard InChI is InChI=1S/C13H18ClNO/c1-10(13(2,3)4)15-16-9-11-6-5-7-12(14)8-11/h5-8H,9H2,1-4H3. The minimum atomic E-state index is 0.0499. The van der Waals surface area contributed by atoms with Crippen molar-refractivity contribution in [3.05, 3.63) is 34.9 Å². The molecule has 3 heteroatoms. The number of hydrogen-bond acceptors (Lipinski definition) is 2. The Morgan fingerprint density at radius 1 is 1.38 bits per heavy atom. The Hall–Kier alpha value is -1.02. The van der Waals surface area contributed by atoms with Crippen molar-refractivity contribution in [1.82, 2.24) is 0 Å². The smallest absolute Gasteiger partial charge is 0.142 e. The highest BCUT2D eigenvalue weighted by atomic mass is 35.5. The van der Waals surface area contributed by atoms with E-state index in [1.807, 2.05) is 31.2 Å². The number of oxime groups is 1. The van der Waals surface area contributed by atoms with Crippen LogP contribution in [0, 0.1) is 5.41 Å². The van der Waals surface area contributed by atoms with E-state index in [9.17, 15) is 0 Å². The van der Waals surface area contributed by atoms with Crippen molar-refractivity contribution in [2.75, 3.05) is 0 Å². The summed E-state index contributed by atoms with van der Waals surface area (Å²) in [5.41, 5.74) is 2.06. The highest BCUT2D eigenvalue weighted by Crippen LogP contribution is 2.16. The monoisotopic (exact) mass is 239 g/mol. The first kappa shape index (κ1) is 13.0. The fraction of sp³-hybridized carbons (Fsp3) is 0.462. The molecule has 0 radical (unpaired) electrons. The molecule has 0 N–H and O–H groups in total. The van der Waals surface area contributed by atoms with Gasteiger partial charge in [0.15, 0.2) is 0 Å². The number of rotatable bonds is 3. The van der Waals surface area contributed by atoms with Crippen LogP contribution in [0.15, 0.2) is 29.4 Å². The van der Waals surface area contributed by atoms with Gasteiger partial charge in [0.1, 0.15) is 6.61 Å². The Kier molecular flexibility index (Phi) is 4.36. The predicted molar refractivity (Wildman–Crippen MR) is 68.8 cm³/mol. The zero-order valence-electron chi connectivity index (χ0n) is 10.2. The van der Waals surface area contributed by atoms with E-state index in [4.69, 9.17) is 16.4 Å². The summed E-state index contributed by atoms with van der Waals surface area (Å²) in [7, 11) is 0. The molecule has 0 atom stereocenters. The minimum Gasteiger partial charge on any atom is -0.391 e. The molecule has 0 aliphatic heterocycles. The summed E-state index contributed by atoms with van der Waals surface area (Å²) in [6.07, 6.45) is 0. The van der Waals surface area contributed by atoms with Gasteiger partial charge in [-0.05, 0) is 24.6 Å². The van der Waals surface area contributed by atoms with Crippen molar-refractivity contribution in [2.24, 2.45) is 10.6 Å². The Morgan fingerprint density at radius 3 is 2.62 bits per heavy atom. The van der Waals surface area contributed by atoms with Gasteiger partial charge in [0.25, 0.3) is 0 Å². The van der Waals surface area contributed by atoms with Gasteiger partial charge in [-0.2, -0.15) is 0 Å². The van der Waals surface area contributed by atoms with Crippen molar-refractivity contribution in [3.8, 4) is 0 Å². The molecule has 2 nitrogen and oxygen atoms in total. The van der Waals surface area contributed by atoms with Crippen LogP contribution in [0.25, 0.3) is 0 Å². The van der Waals surface area contributed by atoms with E-state index in [1.165, 1.54) is 0 Å². The number of hydrogen-bond donors (Lipinski definition) is 0. The van der Waals surface area contributed by atoms with Crippen LogP contribution in [0.2, 0.25) is 5.02 Å². The third-order valence-electron chi connectivity index (χ3n) is 2.41. The van der Waals surface area contributed by atoms with Gasteiger partial charge in [0.2, 0.25) is 0 Å². The quantitative estimate of drug-likeness (QED) is 0.570. The van der Waals surface area contributed by atoms with Crippen LogP contribution in [0.4, 0.5) is 0 Å². The van der Waals surface area contributed by atoms with Gasteiger partial charge in [-0.15, -0.1) is 0 Å². The van der Waals surface area contributed by atoms with Crippen LogP contribution in [-0.4, -0.2) is 5.71 Å². The summed E-state index contributed by atoms with van der Waals surface area (Å²) in [6.45, 7) is 8.74. The second-order valence-corrected chi connectivity index (χ2v) is 5.27. The molecule has 0 saturated heterocycles. The van der Waals surface area contributed by atoms with E-state index < -0.39 is 0 Å². The van der Waals surface area contributed by atoms with Crippen molar-refractivity contribution in [3.63, 3.8) is 0 Å². The van der Waals surface area contributed by atoms with Gasteiger partial charge in [-0.3, -0.25) is 0 Å². The third-order valence-corrected chi connectivity index (χ3v) is 2.64. The molecule has 0 amide bonds. The van der Waals surface area contributed by atoms with Gasteiger partial charge in [0, 0.05) is 10.4 Å². The van der Waals surface area contributed by atoms with Crippen LogP contribution in [0.3, 0.4) is 0 Å². The fourth-order valence-corrected chi connectivity index (χ4v) is 1.18. The average Bonchev–Trinajstić information content (AvgIpc) is 2.16. The minimum absolute atomic E-state index is 0.0499. The first-order chi connectivity index (χ1) is 7.39. The fourth-order valence-electron chi connectivity index (χ4n) is 0.967. The van der Waals surface area contributed by atoms with Crippen molar-refractivity contribution in [2.45, 2.75) is 34.3 Å². The first-order valence-corrected chi connectivity index (χ1v) is 5.69. The molecule has 0 aliphatic carbocycles. The van der Waals surface area contributed by atoms with Gasteiger partial charge in [-0.1, -0.05) is 49.7 Å². The molecule has 0 spiro atoms. The molecule has 0 aromatic heterocycles. The van der Waals surface area contributed by atoms with E-state index in [0.717, 1.165) is 16.3 Å². The number of halogens is 1. The highest BCUT2D eigenvalue weighted by molar-refractivity contribution is 6.30. The Bertz CT molecular complexity index is 380. The molecular formula is C13H18ClNO. The molecule has 0 fully saturated rings. The van der Waals surface area contributed by atoms with E-state index in [2.05, 4.69) is 25.9 Å². The van der Waals surface area contributed by atoms with Gasteiger partial charge < -0.3 is 4.84 Å². The average molecular weight is 240 g/mol. The highest BCUT2D eigenvalue weighted by Gasteiger charge is 2.14. The summed E-state index contributed by atoms with van der Waals surface area (Å²) >= 11 is 5.87. The Labute approximate surface area is 102 Å². The lowest BCUT2D eigenvalue weighted by Gasteiger charge is -2.16. The van der Waals surface area contributed by atoms with Crippen molar-refractivity contribution in [1.29, 1.82) is 0 Å². The molecule has 16 heavy (non-hydrogen) atoms. The molecule has 1 aromatic carbocycles. The lowest BCUT2D eigenvalue weighted by atomic mass is 9.91. The van der Waals surface area contributed by atoms with Crippen LogP contribution in [-0.2, 0) is 11.4 Å². The molecule has 88 valence electrons. The summed E-state index contributed by atoms with van der Waals surface area (Å²) in [5.74, 6) is 0. The zero-order chi connectivity index (χ0) is 12.2. The molecular weight excluding hydrogens is 222 g/mol. The molecule has 1 rings (SSSR count). The first-order valence-electron chi connectivity index (χ1n) is 5.31. The normalized spacial score (nSPS) is 12.7. The molecule has 0 saturated carbocycles. The van der Waals surface area contributed by atoms with Gasteiger partial charge in [-0.25, -0.2) is 0 Å². The maximum atomic E-state index is 5.87. The zero-order valence-corrected chi connectivity index (χ0v) is 11.0. The van der Waals surface area contributed by atoms with Gasteiger partial charge in [0.05, 0.1) is 5.71 Å². The third kappa shape index (κ3) is 4.23. The molecule has 0 aliphatic rings. The van der Waals surface area contributed by atoms with Crippen molar-refractivity contribution < 1.29 is 4.84 Å². The van der Waals surface area contributed by atoms with E-state index in [1.54, 1.807) is 0 Å². The number of nitrogens with zero attached hydrogens (tertiary/aromatic N) is 1.